The van der Waals surface area contributed by atoms with Crippen molar-refractivity contribution in [2.75, 3.05) is 0 Å². The SMILES string of the molecule is OC(c1cc(Br)sc1Br)c1cccc(Br)c1Cl. The minimum absolute atomic E-state index is 0.536. The van der Waals surface area contributed by atoms with Gasteiger partial charge in [0.25, 0.3) is 0 Å². The molecule has 0 aliphatic rings. The lowest BCUT2D eigenvalue weighted by atomic mass is 10.0. The molecule has 17 heavy (non-hydrogen) atoms. The van der Waals surface area contributed by atoms with Crippen LogP contribution in [0.15, 0.2) is 36.3 Å². The van der Waals surface area contributed by atoms with E-state index >= 15 is 0 Å². The first-order valence-electron chi connectivity index (χ1n) is 4.57. The van der Waals surface area contributed by atoms with Gasteiger partial charge in [-0.2, -0.15) is 0 Å². The first-order chi connectivity index (χ1) is 8.00. The summed E-state index contributed by atoms with van der Waals surface area (Å²) >= 11 is 17.9. The smallest absolute Gasteiger partial charge is 0.107 e. The van der Waals surface area contributed by atoms with E-state index in [1.807, 2.05) is 24.3 Å². The Bertz CT molecular complexity index is 556. The van der Waals surface area contributed by atoms with Gasteiger partial charge in [0.2, 0.25) is 0 Å². The average Bonchev–Trinajstić information content (AvgIpc) is 2.61. The zero-order valence-electron chi connectivity index (χ0n) is 8.25. The van der Waals surface area contributed by atoms with Crippen LogP contribution in [-0.2, 0) is 0 Å². The molecule has 2 aromatic rings. The van der Waals surface area contributed by atoms with Gasteiger partial charge in [0.15, 0.2) is 0 Å². The Hall–Kier alpha value is 0.610. The van der Waals surface area contributed by atoms with Crippen molar-refractivity contribution in [2.45, 2.75) is 6.10 Å². The van der Waals surface area contributed by atoms with Gasteiger partial charge in [0, 0.05) is 15.6 Å². The zero-order chi connectivity index (χ0) is 12.6. The number of rotatable bonds is 2. The van der Waals surface area contributed by atoms with Gasteiger partial charge in [0.05, 0.1) is 12.6 Å². The second-order valence-corrected chi connectivity index (χ2v) is 8.31. The van der Waals surface area contributed by atoms with Crippen LogP contribution in [-0.4, -0.2) is 5.11 Å². The fraction of sp³-hybridized carbons (Fsp3) is 0.0909. The molecule has 0 fully saturated rings. The van der Waals surface area contributed by atoms with E-state index in [1.54, 1.807) is 0 Å². The molecule has 90 valence electrons. The van der Waals surface area contributed by atoms with Crippen LogP contribution in [0.5, 0.6) is 0 Å². The molecule has 0 amide bonds. The lowest BCUT2D eigenvalue weighted by molar-refractivity contribution is 0.220. The van der Waals surface area contributed by atoms with E-state index in [0.717, 1.165) is 17.6 Å². The molecule has 1 aromatic heterocycles. The molecular weight excluding hydrogens is 455 g/mol. The number of benzene rings is 1. The van der Waals surface area contributed by atoms with Crippen molar-refractivity contribution < 1.29 is 5.11 Å². The molecule has 1 unspecified atom stereocenters. The van der Waals surface area contributed by atoms with Crippen LogP contribution in [0.4, 0.5) is 0 Å². The average molecular weight is 461 g/mol. The number of aliphatic hydroxyl groups is 1. The minimum Gasteiger partial charge on any atom is -0.384 e. The molecule has 1 nitrogen and oxygen atoms in total. The van der Waals surface area contributed by atoms with Crippen LogP contribution in [0.3, 0.4) is 0 Å². The molecule has 1 atom stereocenters. The van der Waals surface area contributed by atoms with Crippen LogP contribution in [0.2, 0.25) is 5.02 Å². The molecule has 0 saturated heterocycles. The number of thiophene rings is 1. The molecule has 1 heterocycles. The van der Waals surface area contributed by atoms with Gasteiger partial charge in [-0.25, -0.2) is 0 Å². The molecule has 0 spiro atoms. The highest BCUT2D eigenvalue weighted by Crippen LogP contribution is 2.40. The van der Waals surface area contributed by atoms with Crippen LogP contribution < -0.4 is 0 Å². The standard InChI is InChI=1S/C11H6Br3ClOS/c12-7-3-1-2-5(9(7)15)10(16)6-4-8(13)17-11(6)14/h1-4,10,16H. The van der Waals surface area contributed by atoms with Crippen LogP contribution in [0, 0.1) is 0 Å². The molecule has 6 heteroatoms. The van der Waals surface area contributed by atoms with E-state index in [0.29, 0.717) is 10.6 Å². The summed E-state index contributed by atoms with van der Waals surface area (Å²) < 4.78 is 2.64. The summed E-state index contributed by atoms with van der Waals surface area (Å²) in [6, 6.07) is 7.40. The van der Waals surface area contributed by atoms with Crippen molar-refractivity contribution in [3.05, 3.63) is 52.5 Å². The van der Waals surface area contributed by atoms with E-state index in [1.165, 1.54) is 11.3 Å². The Labute approximate surface area is 133 Å². The topological polar surface area (TPSA) is 20.2 Å². The van der Waals surface area contributed by atoms with E-state index in [-0.39, 0.29) is 0 Å². The van der Waals surface area contributed by atoms with Crippen LogP contribution in [0.1, 0.15) is 17.2 Å². The maximum absolute atomic E-state index is 10.3. The van der Waals surface area contributed by atoms with E-state index in [9.17, 15) is 5.11 Å². The fourth-order valence-electron chi connectivity index (χ4n) is 1.44. The number of hydrogen-bond acceptors (Lipinski definition) is 2. The second kappa shape index (κ2) is 5.72. The molecule has 0 aliphatic heterocycles. The summed E-state index contributed by atoms with van der Waals surface area (Å²) in [5.41, 5.74) is 1.49. The van der Waals surface area contributed by atoms with Crippen molar-refractivity contribution in [3.63, 3.8) is 0 Å². The molecular formula is C11H6Br3ClOS. The molecule has 1 aromatic carbocycles. The number of hydrogen-bond donors (Lipinski definition) is 1. The van der Waals surface area contributed by atoms with E-state index < -0.39 is 6.10 Å². The quantitative estimate of drug-likeness (QED) is 0.602. The van der Waals surface area contributed by atoms with Crippen molar-refractivity contribution in [3.8, 4) is 0 Å². The van der Waals surface area contributed by atoms with Crippen molar-refractivity contribution in [2.24, 2.45) is 0 Å². The third kappa shape index (κ3) is 2.96. The summed E-state index contributed by atoms with van der Waals surface area (Å²) in [6.45, 7) is 0. The monoisotopic (exact) mass is 458 g/mol. The Balaban J connectivity index is 2.47. The van der Waals surface area contributed by atoms with Gasteiger partial charge in [-0.15, -0.1) is 11.3 Å². The van der Waals surface area contributed by atoms with Crippen LogP contribution in [0.25, 0.3) is 0 Å². The van der Waals surface area contributed by atoms with Gasteiger partial charge in [-0.05, 0) is 59.9 Å². The first kappa shape index (κ1) is 14.0. The number of halogens is 4. The van der Waals surface area contributed by atoms with Crippen LogP contribution >= 0.6 is 70.7 Å². The molecule has 1 N–H and O–H groups in total. The maximum atomic E-state index is 10.3. The predicted octanol–water partition coefficient (Wildman–Crippen LogP) is 5.77. The Morgan fingerprint density at radius 2 is 1.88 bits per heavy atom. The molecule has 0 bridgehead atoms. The summed E-state index contributed by atoms with van der Waals surface area (Å²) in [5, 5.41) is 10.9. The Morgan fingerprint density at radius 1 is 1.18 bits per heavy atom. The van der Waals surface area contributed by atoms with E-state index in [2.05, 4.69) is 47.8 Å². The molecule has 0 aliphatic carbocycles. The predicted molar refractivity (Wildman–Crippen MR) is 82.9 cm³/mol. The third-order valence-corrected chi connectivity index (χ3v) is 5.95. The highest BCUT2D eigenvalue weighted by molar-refractivity contribution is 9.12. The van der Waals surface area contributed by atoms with Crippen molar-refractivity contribution >= 4 is 70.7 Å². The van der Waals surface area contributed by atoms with Gasteiger partial charge in [0.1, 0.15) is 6.10 Å². The van der Waals surface area contributed by atoms with Gasteiger partial charge in [-0.1, -0.05) is 23.7 Å². The third-order valence-electron chi connectivity index (χ3n) is 2.25. The summed E-state index contributed by atoms with van der Waals surface area (Å²) in [7, 11) is 0. The highest BCUT2D eigenvalue weighted by Gasteiger charge is 2.19. The lowest BCUT2D eigenvalue weighted by Gasteiger charge is -2.13. The molecule has 0 radical (unpaired) electrons. The maximum Gasteiger partial charge on any atom is 0.107 e. The normalized spacial score (nSPS) is 12.8. The first-order valence-corrected chi connectivity index (χ1v) is 8.14. The van der Waals surface area contributed by atoms with E-state index in [4.69, 9.17) is 11.6 Å². The minimum atomic E-state index is -0.739. The molecule has 2 rings (SSSR count). The Kier molecular flexibility index (Phi) is 4.72. The van der Waals surface area contributed by atoms with Crippen molar-refractivity contribution in [1.82, 2.24) is 0 Å². The molecule has 0 saturated carbocycles. The lowest BCUT2D eigenvalue weighted by Crippen LogP contribution is -1.99. The van der Waals surface area contributed by atoms with Crippen molar-refractivity contribution in [1.29, 1.82) is 0 Å². The number of aliphatic hydroxyl groups excluding tert-OH is 1. The summed E-state index contributed by atoms with van der Waals surface area (Å²) in [4.78, 5) is 0. The zero-order valence-corrected chi connectivity index (χ0v) is 14.6. The Morgan fingerprint density at radius 3 is 2.47 bits per heavy atom. The summed E-state index contributed by atoms with van der Waals surface area (Å²) in [5.74, 6) is 0. The van der Waals surface area contributed by atoms with Gasteiger partial charge < -0.3 is 5.11 Å². The fourth-order valence-corrected chi connectivity index (χ4v) is 4.93. The van der Waals surface area contributed by atoms with Gasteiger partial charge >= 0.3 is 0 Å². The summed E-state index contributed by atoms with van der Waals surface area (Å²) in [6.07, 6.45) is -0.739. The largest absolute Gasteiger partial charge is 0.384 e. The van der Waals surface area contributed by atoms with Gasteiger partial charge in [-0.3, -0.25) is 0 Å². The highest BCUT2D eigenvalue weighted by atomic mass is 79.9. The second-order valence-electron chi connectivity index (χ2n) is 3.33.